The lowest BCUT2D eigenvalue weighted by Gasteiger charge is -2.16. The number of hydrogen-bond donors (Lipinski definition) is 0. The SMILES string of the molecule is [2H]C([2H])(C)n1cc(C(C)C)cn1.[2H]C([2H])(C)n1cc(C(C)C)nn1.[2H]C([2H])([2H])c1ncc(C(C)C)n1C([2H])([2H])[2H].[2H]C([2H])([2H])c1ncc(C(C)C)o1.[2H]C([2H])([2H])c1nnc(C(C)(C)C)n1C([2H])([2H])[2H].[2H]C([2H])([2H])c1nnc(C(C)C)s1.[2H]C([2H])([2H])n1cncc1C(C)C.[2H]C([2H])([2H])n1cnnc1C(C)(C)C. The van der Waals surface area contributed by atoms with Gasteiger partial charge in [-0.15, -0.1) is 47.0 Å². The first-order valence-electron chi connectivity index (χ1n) is 39.0. The average molecular weight is 1130 g/mol. The lowest BCUT2D eigenvalue weighted by atomic mass is 9.96. The average Bonchev–Trinajstić information content (AvgIpc) is 1.60. The summed E-state index contributed by atoms with van der Waals surface area (Å²) < 4.78 is 214. The molecule has 8 heterocycles. The molecule has 0 radical (unpaired) electrons. The predicted octanol–water partition coefficient (Wildman–Crippen LogP) is 13.5. The van der Waals surface area contributed by atoms with E-state index in [2.05, 4.69) is 74.8 Å². The smallest absolute Gasteiger partial charge is 0.191 e. The van der Waals surface area contributed by atoms with E-state index in [1.54, 1.807) is 59.4 Å². The van der Waals surface area contributed by atoms with Crippen LogP contribution >= 0.6 is 11.3 Å². The summed E-state index contributed by atoms with van der Waals surface area (Å²) in [6.07, 6.45) is 12.1. The van der Waals surface area contributed by atoms with Crippen LogP contribution in [0.1, 0.15) is 280 Å². The minimum atomic E-state index is -2.60. The second kappa shape index (κ2) is 33.3. The Kier molecular flexibility index (Phi) is 15.4. The van der Waals surface area contributed by atoms with Gasteiger partial charge in [-0.1, -0.05) is 130 Å². The number of aryl methyl sites for hydroxylation is 8. The third-order valence-electron chi connectivity index (χ3n) is 10.0. The fourth-order valence-electron chi connectivity index (χ4n) is 5.45. The van der Waals surface area contributed by atoms with Crippen LogP contribution in [0.5, 0.6) is 0 Å². The Morgan fingerprint density at radius 1 is 0.564 bits per heavy atom. The van der Waals surface area contributed by atoms with Crippen LogP contribution in [0, 0.1) is 27.4 Å². The van der Waals surface area contributed by atoms with Gasteiger partial charge in [0.05, 0.1) is 29.9 Å². The number of hydrogen-bond acceptors (Lipinski definition) is 14. The maximum atomic E-state index is 7.40. The summed E-state index contributed by atoms with van der Waals surface area (Å²) in [5.74, 6) is 1.40. The summed E-state index contributed by atoms with van der Waals surface area (Å²) in [6.45, 7) is 15.6. The largest absolute Gasteiger partial charge is 0.446 e. The lowest BCUT2D eigenvalue weighted by Crippen LogP contribution is -2.17. The molecular weight excluding hydrogens is 997 g/mol. The minimum Gasteiger partial charge on any atom is -0.446 e. The fraction of sp³-hybridized carbons (Fsp3) is 0.655. The standard InChI is InChI=1S/C8H15N3.2C8H14N2.2C7H13N3.C7H12N2.C7H11NO.C6H10N2S/c1-6-9-10-7(11(6)5)8(2,3)4;1-6(2)8-5-9-7(3)10(8)4;1-4-10-6-8(5-9-10)7(2)3;1-7(2,3)6-9-8-5-10(6)4;1-4-10-5-7(6(2)3)8-9-10;1-6(2)7-4-8-5-9(7)3;1-5(2)7-4-8-6(3)9-7;1-4(2)6-8-7-5(3)9-6/h1-5H3;5-6H,1-4H3;5-7H,4H2,1-3H3;5H,1-4H3;5-6H,4H2,1-3H3;4-6H,1-3H3;4-5H,1-3H3;4H,1-3H3/i1D3,5D3;3D3,4D3;4D2;4D3;4D2;3*3D3. The molecule has 20 heteroatoms. The molecular formula is C58H102N18OS. The van der Waals surface area contributed by atoms with Gasteiger partial charge in [0.25, 0.3) is 0 Å². The molecule has 8 aromatic rings. The first kappa shape index (κ1) is 36.2. The zero-order valence-corrected chi connectivity index (χ0v) is 49.8. The number of oxazole rings is 1. The van der Waals surface area contributed by atoms with Gasteiger partial charge in [0.2, 0.25) is 0 Å². The number of aromatic nitrogens is 18. The monoisotopic (exact) mass is 1130 g/mol. The molecule has 8 rings (SSSR count). The molecule has 0 saturated heterocycles. The van der Waals surface area contributed by atoms with Gasteiger partial charge in [-0.3, -0.25) is 9.36 Å². The molecule has 0 fully saturated rings. The van der Waals surface area contributed by atoms with Gasteiger partial charge in [-0.05, 0) is 63.6 Å². The molecule has 0 amide bonds. The first-order valence-corrected chi connectivity index (χ1v) is 25.8. The Morgan fingerprint density at radius 3 is 1.62 bits per heavy atom. The van der Waals surface area contributed by atoms with E-state index in [4.69, 9.17) is 42.8 Å². The number of rotatable bonds is 8. The van der Waals surface area contributed by atoms with Gasteiger partial charge in [-0.25, -0.2) is 15.0 Å². The van der Waals surface area contributed by atoms with Crippen LogP contribution in [-0.4, -0.2) is 88.6 Å². The van der Waals surface area contributed by atoms with Crippen molar-refractivity contribution in [3.8, 4) is 0 Å². The lowest BCUT2D eigenvalue weighted by molar-refractivity contribution is 0.456. The summed E-state index contributed by atoms with van der Waals surface area (Å²) >= 11 is 1.16. The van der Waals surface area contributed by atoms with Gasteiger partial charge >= 0.3 is 0 Å². The van der Waals surface area contributed by atoms with E-state index >= 15 is 0 Å². The molecule has 0 saturated carbocycles. The van der Waals surface area contributed by atoms with Crippen LogP contribution in [0.4, 0.5) is 0 Å². The Labute approximate surface area is 512 Å². The predicted molar refractivity (Wildman–Crippen MR) is 319 cm³/mol. The highest BCUT2D eigenvalue weighted by Gasteiger charge is 2.21. The molecule has 0 unspecified atom stereocenters. The second-order valence-corrected chi connectivity index (χ2v) is 21.9. The van der Waals surface area contributed by atoms with Gasteiger partial charge in [0.1, 0.15) is 45.4 Å². The van der Waals surface area contributed by atoms with E-state index in [-0.39, 0.29) is 51.6 Å². The van der Waals surface area contributed by atoms with E-state index in [0.29, 0.717) is 29.1 Å². The highest BCUT2D eigenvalue weighted by molar-refractivity contribution is 7.11. The Balaban J connectivity index is 0.000000608. The second-order valence-electron chi connectivity index (χ2n) is 20.9. The maximum Gasteiger partial charge on any atom is 0.191 e. The van der Waals surface area contributed by atoms with Crippen LogP contribution in [0.15, 0.2) is 54.3 Å². The number of nitrogens with zero attached hydrogens (tertiary/aromatic N) is 18. The van der Waals surface area contributed by atoms with Crippen LogP contribution in [0.3, 0.4) is 0 Å². The molecule has 0 spiro atoms. The van der Waals surface area contributed by atoms with E-state index in [1.807, 2.05) is 76.2 Å². The van der Waals surface area contributed by atoms with Crippen molar-refractivity contribution in [1.82, 2.24) is 88.6 Å². The van der Waals surface area contributed by atoms with Crippen molar-refractivity contribution in [2.75, 3.05) is 0 Å². The zero-order valence-electron chi connectivity index (χ0n) is 76.9. The van der Waals surface area contributed by atoms with Gasteiger partial charge in [0, 0.05) is 139 Å². The number of imidazole rings is 2. The molecule has 0 aromatic carbocycles. The van der Waals surface area contributed by atoms with Crippen molar-refractivity contribution in [2.45, 2.75) is 225 Å². The molecule has 436 valence electrons. The van der Waals surface area contributed by atoms with E-state index < -0.39 is 79.5 Å². The summed E-state index contributed by atoms with van der Waals surface area (Å²) in [7, 11) is 0. The van der Waals surface area contributed by atoms with Crippen LogP contribution < -0.4 is 0 Å². The zero-order chi connectivity index (χ0) is 83.4. The first-order chi connectivity index (χ1) is 47.2. The van der Waals surface area contributed by atoms with Crippen LogP contribution in [0.2, 0.25) is 0 Å². The highest BCUT2D eigenvalue weighted by Crippen LogP contribution is 2.21. The van der Waals surface area contributed by atoms with Crippen molar-refractivity contribution < 1.29 is 42.8 Å². The van der Waals surface area contributed by atoms with Gasteiger partial charge in [-0.2, -0.15) is 5.10 Å². The molecule has 0 aliphatic heterocycles. The van der Waals surface area contributed by atoms with Gasteiger partial charge < -0.3 is 22.7 Å². The summed E-state index contributed by atoms with van der Waals surface area (Å²) in [5, 5.41) is 34.5. The van der Waals surface area contributed by atoms with Crippen molar-refractivity contribution in [3.63, 3.8) is 0 Å². The van der Waals surface area contributed by atoms with Crippen LogP contribution in [0.25, 0.3) is 0 Å². The third-order valence-corrected chi connectivity index (χ3v) is 11.1. The van der Waals surface area contributed by atoms with E-state index in [1.165, 1.54) is 52.8 Å². The third kappa shape index (κ3) is 24.7. The molecule has 0 bridgehead atoms. The van der Waals surface area contributed by atoms with Crippen molar-refractivity contribution in [1.29, 1.82) is 0 Å². The molecule has 78 heavy (non-hydrogen) atoms. The normalized spacial score (nSPS) is 18.1. The highest BCUT2D eigenvalue weighted by atomic mass is 32.1. The molecule has 8 aromatic heterocycles. The summed E-state index contributed by atoms with van der Waals surface area (Å²) in [4.78, 5) is 11.2. The fourth-order valence-corrected chi connectivity index (χ4v) is 6.05. The van der Waals surface area contributed by atoms with Crippen molar-refractivity contribution in [3.05, 3.63) is 117 Å². The van der Waals surface area contributed by atoms with E-state index in [9.17, 15) is 0 Å². The summed E-state index contributed by atoms with van der Waals surface area (Å²) in [5.41, 5.74) is 2.15. The Bertz CT molecular complexity index is 3600. The molecule has 0 aliphatic rings. The van der Waals surface area contributed by atoms with E-state index in [0.717, 1.165) is 47.0 Å². The quantitative estimate of drug-likeness (QED) is 0.139. The summed E-state index contributed by atoms with van der Waals surface area (Å²) in [6, 6.07) is 0. The Morgan fingerprint density at radius 2 is 1.23 bits per heavy atom. The molecule has 19 nitrogen and oxygen atoms in total. The molecule has 0 N–H and O–H groups in total. The minimum absolute atomic E-state index is 0.0935. The maximum absolute atomic E-state index is 7.40. The topological polar surface area (TPSA) is 197 Å². The van der Waals surface area contributed by atoms with Crippen molar-refractivity contribution >= 4 is 11.3 Å². The van der Waals surface area contributed by atoms with Crippen molar-refractivity contribution in [2.24, 2.45) is 27.9 Å². The Hall–Kier alpha value is -6.18. The van der Waals surface area contributed by atoms with Crippen LogP contribution in [-0.2, 0) is 51.7 Å². The molecule has 0 aliphatic carbocycles. The molecule has 0 atom stereocenters. The van der Waals surface area contributed by atoms with Gasteiger partial charge in [0.15, 0.2) is 5.89 Å².